The number of likely N-dealkylation sites (tertiary alicyclic amines) is 1. The van der Waals surface area contributed by atoms with Gasteiger partial charge in [0.2, 0.25) is 5.91 Å². The zero-order valence-electron chi connectivity index (χ0n) is 19.3. The molecule has 33 heavy (non-hydrogen) atoms. The number of nitrogens with zero attached hydrogens (tertiary/aromatic N) is 2. The Balaban J connectivity index is 1.39. The van der Waals surface area contributed by atoms with E-state index in [1.807, 2.05) is 30.3 Å². The lowest BCUT2D eigenvalue weighted by atomic mass is 9.96. The van der Waals surface area contributed by atoms with Gasteiger partial charge in [0.25, 0.3) is 0 Å². The van der Waals surface area contributed by atoms with E-state index in [4.69, 9.17) is 4.74 Å². The Kier molecular flexibility index (Phi) is 7.96. The van der Waals surface area contributed by atoms with Crippen LogP contribution in [0.2, 0.25) is 0 Å². The van der Waals surface area contributed by atoms with Crippen molar-refractivity contribution in [2.75, 3.05) is 51.3 Å². The summed E-state index contributed by atoms with van der Waals surface area (Å²) in [5.74, 6) is -0.191. The summed E-state index contributed by atoms with van der Waals surface area (Å²) in [7, 11) is 0. The smallest absolute Gasteiger partial charge is 0.321 e. The maximum absolute atomic E-state index is 13.3. The number of carbonyl (C=O) groups is 2. The number of rotatable bonds is 6. The molecule has 0 radical (unpaired) electrons. The average molecular weight is 451 g/mol. The van der Waals surface area contributed by atoms with Crippen molar-refractivity contribution in [1.82, 2.24) is 15.1 Å². The fourth-order valence-electron chi connectivity index (χ4n) is 4.46. The van der Waals surface area contributed by atoms with Gasteiger partial charge in [-0.2, -0.15) is 0 Å². The van der Waals surface area contributed by atoms with Crippen LogP contribution in [0.3, 0.4) is 0 Å². The second-order valence-corrected chi connectivity index (χ2v) is 8.97. The molecule has 176 valence electrons. The van der Waals surface area contributed by atoms with Crippen molar-refractivity contribution in [3.63, 3.8) is 0 Å². The molecule has 2 aromatic rings. The SMILES string of the molecule is Cc1ccc([C@@H](CN2CCOCC2)NC(=O)[C@H]2CCCN(C(=O)Nc3ccccc3)C2)cc1. The number of piperidine rings is 1. The summed E-state index contributed by atoms with van der Waals surface area (Å²) in [6.07, 6.45) is 1.61. The number of anilines is 1. The van der Waals surface area contributed by atoms with Gasteiger partial charge >= 0.3 is 6.03 Å². The van der Waals surface area contributed by atoms with Gasteiger partial charge in [-0.15, -0.1) is 0 Å². The van der Waals surface area contributed by atoms with Gasteiger partial charge in [0.05, 0.1) is 25.2 Å². The van der Waals surface area contributed by atoms with Gasteiger partial charge < -0.3 is 20.3 Å². The monoisotopic (exact) mass is 450 g/mol. The van der Waals surface area contributed by atoms with E-state index in [-0.39, 0.29) is 23.9 Å². The first-order valence-corrected chi connectivity index (χ1v) is 11.9. The molecule has 2 aliphatic rings. The van der Waals surface area contributed by atoms with E-state index in [1.54, 1.807) is 4.90 Å². The molecule has 0 bridgehead atoms. The minimum Gasteiger partial charge on any atom is -0.379 e. The summed E-state index contributed by atoms with van der Waals surface area (Å²) in [4.78, 5) is 30.1. The number of urea groups is 1. The number of amides is 3. The van der Waals surface area contributed by atoms with Gasteiger partial charge in [0.15, 0.2) is 0 Å². The van der Waals surface area contributed by atoms with E-state index >= 15 is 0 Å². The van der Waals surface area contributed by atoms with Crippen LogP contribution in [0, 0.1) is 12.8 Å². The van der Waals surface area contributed by atoms with Gasteiger partial charge in [-0.1, -0.05) is 48.0 Å². The lowest BCUT2D eigenvalue weighted by Gasteiger charge is -2.34. The molecule has 7 nitrogen and oxygen atoms in total. The summed E-state index contributed by atoms with van der Waals surface area (Å²) in [5.41, 5.74) is 3.07. The Labute approximate surface area is 196 Å². The first kappa shape index (κ1) is 23.3. The topological polar surface area (TPSA) is 73.9 Å². The minimum absolute atomic E-state index is 0.0195. The number of hydrogen-bond donors (Lipinski definition) is 2. The number of carbonyl (C=O) groups excluding carboxylic acids is 2. The van der Waals surface area contributed by atoms with E-state index in [1.165, 1.54) is 5.56 Å². The molecule has 2 aliphatic heterocycles. The first-order valence-electron chi connectivity index (χ1n) is 11.9. The van der Waals surface area contributed by atoms with Crippen LogP contribution in [0.1, 0.15) is 30.0 Å². The molecule has 4 rings (SSSR count). The number of aryl methyl sites for hydroxylation is 1. The molecule has 2 heterocycles. The van der Waals surface area contributed by atoms with E-state index in [2.05, 4.69) is 46.7 Å². The second kappa shape index (κ2) is 11.3. The maximum Gasteiger partial charge on any atom is 0.321 e. The van der Waals surface area contributed by atoms with Crippen LogP contribution in [0.5, 0.6) is 0 Å². The van der Waals surface area contributed by atoms with Crippen molar-refractivity contribution >= 4 is 17.6 Å². The summed E-state index contributed by atoms with van der Waals surface area (Å²) in [6, 6.07) is 17.6. The number of hydrogen-bond acceptors (Lipinski definition) is 4. The van der Waals surface area contributed by atoms with Crippen molar-refractivity contribution < 1.29 is 14.3 Å². The molecular weight excluding hydrogens is 416 g/mol. The fourth-order valence-corrected chi connectivity index (χ4v) is 4.46. The molecule has 7 heteroatoms. The van der Waals surface area contributed by atoms with Crippen molar-refractivity contribution in [2.45, 2.75) is 25.8 Å². The maximum atomic E-state index is 13.3. The van der Waals surface area contributed by atoms with E-state index in [0.717, 1.165) is 56.9 Å². The number of nitrogens with one attached hydrogen (secondary N) is 2. The van der Waals surface area contributed by atoms with Gasteiger partial charge in [-0.3, -0.25) is 9.69 Å². The van der Waals surface area contributed by atoms with Crippen LogP contribution in [0.15, 0.2) is 54.6 Å². The predicted molar refractivity (Wildman–Crippen MR) is 129 cm³/mol. The normalized spacial score (nSPS) is 20.2. The van der Waals surface area contributed by atoms with Crippen LogP contribution >= 0.6 is 0 Å². The molecule has 2 N–H and O–H groups in total. The quantitative estimate of drug-likeness (QED) is 0.707. The molecule has 2 atom stereocenters. The molecule has 2 saturated heterocycles. The summed E-state index contributed by atoms with van der Waals surface area (Å²) in [6.45, 7) is 7.11. The molecule has 0 aliphatic carbocycles. The van der Waals surface area contributed by atoms with Crippen LogP contribution in [0.25, 0.3) is 0 Å². The van der Waals surface area contributed by atoms with Crippen molar-refractivity contribution in [2.24, 2.45) is 5.92 Å². The van der Waals surface area contributed by atoms with Crippen LogP contribution in [0.4, 0.5) is 10.5 Å². The number of para-hydroxylation sites is 1. The van der Waals surface area contributed by atoms with Crippen LogP contribution in [-0.4, -0.2) is 67.7 Å². The van der Waals surface area contributed by atoms with E-state index in [9.17, 15) is 9.59 Å². The standard InChI is InChI=1S/C26H34N4O3/c1-20-9-11-21(12-10-20)24(19-29-14-16-33-17-15-29)28-25(31)22-6-5-13-30(18-22)26(32)27-23-7-3-2-4-8-23/h2-4,7-12,22,24H,5-6,13-19H2,1H3,(H,27,32)(H,28,31)/t22-,24+/m0/s1. The van der Waals surface area contributed by atoms with Gasteiger partial charge in [0.1, 0.15) is 0 Å². The zero-order chi connectivity index (χ0) is 23.0. The highest BCUT2D eigenvalue weighted by Gasteiger charge is 2.30. The molecule has 0 unspecified atom stereocenters. The highest BCUT2D eigenvalue weighted by atomic mass is 16.5. The predicted octanol–water partition coefficient (Wildman–Crippen LogP) is 3.43. The number of benzene rings is 2. The third-order valence-electron chi connectivity index (χ3n) is 6.45. The Morgan fingerprint density at radius 2 is 1.76 bits per heavy atom. The van der Waals surface area contributed by atoms with Crippen molar-refractivity contribution in [3.05, 3.63) is 65.7 Å². The Morgan fingerprint density at radius 3 is 2.48 bits per heavy atom. The molecule has 0 aromatic heterocycles. The first-order chi connectivity index (χ1) is 16.1. The summed E-state index contributed by atoms with van der Waals surface area (Å²) < 4.78 is 5.48. The third-order valence-corrected chi connectivity index (χ3v) is 6.45. The highest BCUT2D eigenvalue weighted by molar-refractivity contribution is 5.90. The largest absolute Gasteiger partial charge is 0.379 e. The van der Waals surface area contributed by atoms with Gasteiger partial charge in [0, 0.05) is 38.4 Å². The lowest BCUT2D eigenvalue weighted by Crippen LogP contribution is -2.49. The Hall–Kier alpha value is -2.90. The Bertz CT molecular complexity index is 913. The molecule has 0 saturated carbocycles. The second-order valence-electron chi connectivity index (χ2n) is 8.97. The highest BCUT2D eigenvalue weighted by Crippen LogP contribution is 2.22. The lowest BCUT2D eigenvalue weighted by molar-refractivity contribution is -0.127. The molecule has 3 amide bonds. The van der Waals surface area contributed by atoms with Crippen LogP contribution in [-0.2, 0) is 9.53 Å². The van der Waals surface area contributed by atoms with Crippen LogP contribution < -0.4 is 10.6 Å². The van der Waals surface area contributed by atoms with E-state index in [0.29, 0.717) is 13.1 Å². The zero-order valence-corrected chi connectivity index (χ0v) is 19.3. The fraction of sp³-hybridized carbons (Fsp3) is 0.462. The van der Waals surface area contributed by atoms with Crippen molar-refractivity contribution in [3.8, 4) is 0 Å². The summed E-state index contributed by atoms with van der Waals surface area (Å²) in [5, 5.41) is 6.23. The third kappa shape index (κ3) is 6.55. The Morgan fingerprint density at radius 1 is 1.03 bits per heavy atom. The average Bonchev–Trinajstić information content (AvgIpc) is 2.85. The summed E-state index contributed by atoms with van der Waals surface area (Å²) >= 11 is 0. The molecular formula is C26H34N4O3. The number of ether oxygens (including phenoxy) is 1. The molecule has 0 spiro atoms. The van der Waals surface area contributed by atoms with Crippen molar-refractivity contribution in [1.29, 1.82) is 0 Å². The molecule has 2 aromatic carbocycles. The van der Waals surface area contributed by atoms with Gasteiger partial charge in [-0.05, 0) is 37.5 Å². The number of morpholine rings is 1. The van der Waals surface area contributed by atoms with E-state index < -0.39 is 0 Å². The minimum atomic E-state index is -0.210. The van der Waals surface area contributed by atoms with Gasteiger partial charge in [-0.25, -0.2) is 4.79 Å². The molecule has 2 fully saturated rings.